The highest BCUT2D eigenvalue weighted by Crippen LogP contribution is 2.17. The summed E-state index contributed by atoms with van der Waals surface area (Å²) in [4.78, 5) is 23.8. The molecule has 0 heterocycles. The van der Waals surface area contributed by atoms with Crippen molar-refractivity contribution in [1.29, 1.82) is 0 Å². The minimum absolute atomic E-state index is 0.0224. The first kappa shape index (κ1) is 20.6. The van der Waals surface area contributed by atoms with E-state index in [4.69, 9.17) is 4.74 Å². The Kier molecular flexibility index (Phi) is 9.39. The van der Waals surface area contributed by atoms with Gasteiger partial charge in [-0.05, 0) is 37.0 Å². The fourth-order valence-electron chi connectivity index (χ4n) is 3.12. The largest absolute Gasteiger partial charge is 0.497 e. The molecule has 144 valence electrons. The molecule has 5 nitrogen and oxygen atoms in total. The molecule has 2 rings (SSSR count). The fourth-order valence-corrected chi connectivity index (χ4v) is 3.78. The van der Waals surface area contributed by atoms with E-state index in [0.29, 0.717) is 24.1 Å². The summed E-state index contributed by atoms with van der Waals surface area (Å²) in [6, 6.07) is 8.15. The molecule has 26 heavy (non-hydrogen) atoms. The van der Waals surface area contributed by atoms with Crippen LogP contribution in [0.2, 0.25) is 0 Å². The van der Waals surface area contributed by atoms with Crippen LogP contribution in [0, 0.1) is 0 Å². The van der Waals surface area contributed by atoms with Gasteiger partial charge in [-0.2, -0.15) is 0 Å². The number of rotatable bonds is 9. The molecule has 0 spiro atoms. The molecule has 1 aliphatic carbocycles. The van der Waals surface area contributed by atoms with Gasteiger partial charge >= 0.3 is 0 Å². The lowest BCUT2D eigenvalue weighted by Gasteiger charge is -2.15. The Morgan fingerprint density at radius 1 is 1.04 bits per heavy atom. The molecule has 1 saturated carbocycles. The number of ether oxygens (including phenoxy) is 1. The average molecular weight is 379 g/mol. The fraction of sp³-hybridized carbons (Fsp3) is 0.600. The molecule has 0 bridgehead atoms. The van der Waals surface area contributed by atoms with Crippen LogP contribution in [0.1, 0.15) is 44.1 Å². The summed E-state index contributed by atoms with van der Waals surface area (Å²) >= 11 is 1.37. The molecule has 0 atom stereocenters. The normalized spacial score (nSPS) is 15.1. The standard InChI is InChI=1S/C20H30N2O3S/c1-25-18-10-8-16(9-11-18)12-13-21-19(23)14-26-15-20(24)22-17-6-4-2-3-5-7-17/h8-11,17H,2-7,12-15H2,1H3,(H,21,23)(H,22,24). The molecule has 1 fully saturated rings. The maximum Gasteiger partial charge on any atom is 0.230 e. The summed E-state index contributed by atoms with van der Waals surface area (Å²) in [6.07, 6.45) is 7.91. The van der Waals surface area contributed by atoms with Crippen molar-refractivity contribution in [3.05, 3.63) is 29.8 Å². The summed E-state index contributed by atoms with van der Waals surface area (Å²) < 4.78 is 5.12. The molecule has 6 heteroatoms. The molecule has 1 aromatic rings. The maximum absolute atomic E-state index is 12.0. The minimum atomic E-state index is -0.0224. The molecule has 0 aliphatic heterocycles. The second-order valence-electron chi connectivity index (χ2n) is 6.70. The van der Waals surface area contributed by atoms with Crippen molar-refractivity contribution in [2.75, 3.05) is 25.2 Å². The van der Waals surface area contributed by atoms with E-state index < -0.39 is 0 Å². The zero-order chi connectivity index (χ0) is 18.6. The zero-order valence-corrected chi connectivity index (χ0v) is 16.4. The second-order valence-corrected chi connectivity index (χ2v) is 7.68. The van der Waals surface area contributed by atoms with Crippen molar-refractivity contribution in [2.45, 2.75) is 51.0 Å². The van der Waals surface area contributed by atoms with Crippen LogP contribution in [0.4, 0.5) is 0 Å². The van der Waals surface area contributed by atoms with Gasteiger partial charge in [-0.25, -0.2) is 0 Å². The number of hydrogen-bond acceptors (Lipinski definition) is 4. The van der Waals surface area contributed by atoms with Crippen molar-refractivity contribution in [1.82, 2.24) is 10.6 Å². The highest BCUT2D eigenvalue weighted by atomic mass is 32.2. The van der Waals surface area contributed by atoms with Gasteiger partial charge in [-0.15, -0.1) is 11.8 Å². The summed E-state index contributed by atoms with van der Waals surface area (Å²) in [5.41, 5.74) is 1.15. The van der Waals surface area contributed by atoms with Gasteiger partial charge in [0.2, 0.25) is 11.8 Å². The van der Waals surface area contributed by atoms with Crippen LogP contribution < -0.4 is 15.4 Å². The quantitative estimate of drug-likeness (QED) is 0.649. The summed E-state index contributed by atoms with van der Waals surface area (Å²) in [7, 11) is 1.64. The van der Waals surface area contributed by atoms with Gasteiger partial charge in [-0.3, -0.25) is 9.59 Å². The molecule has 0 aromatic heterocycles. The number of carbonyl (C=O) groups excluding carboxylic acids is 2. The van der Waals surface area contributed by atoms with Crippen molar-refractivity contribution >= 4 is 23.6 Å². The predicted octanol–water partition coefficient (Wildman–Crippen LogP) is 2.93. The predicted molar refractivity (Wildman–Crippen MR) is 107 cm³/mol. The lowest BCUT2D eigenvalue weighted by Crippen LogP contribution is -2.36. The third-order valence-electron chi connectivity index (χ3n) is 4.58. The Balaban J connectivity index is 1.54. The third-order valence-corrected chi connectivity index (χ3v) is 5.51. The van der Waals surface area contributed by atoms with Crippen LogP contribution in [0.25, 0.3) is 0 Å². The lowest BCUT2D eigenvalue weighted by molar-refractivity contribution is -0.119. The van der Waals surface area contributed by atoms with Crippen LogP contribution in [-0.2, 0) is 16.0 Å². The molecule has 0 unspecified atom stereocenters. The Morgan fingerprint density at radius 3 is 2.35 bits per heavy atom. The SMILES string of the molecule is COc1ccc(CCNC(=O)CSCC(=O)NC2CCCCCC2)cc1. The van der Waals surface area contributed by atoms with E-state index in [0.717, 1.165) is 30.6 Å². The Hall–Kier alpha value is -1.69. The van der Waals surface area contributed by atoms with Crippen LogP contribution in [-0.4, -0.2) is 43.0 Å². The van der Waals surface area contributed by atoms with E-state index in [1.165, 1.54) is 37.4 Å². The number of nitrogens with one attached hydrogen (secondary N) is 2. The number of hydrogen-bond donors (Lipinski definition) is 2. The van der Waals surface area contributed by atoms with Gasteiger partial charge in [-0.1, -0.05) is 37.8 Å². The summed E-state index contributed by atoms with van der Waals surface area (Å²) in [6.45, 7) is 0.597. The number of methoxy groups -OCH3 is 1. The Bertz CT molecular complexity index is 555. The Labute approximate surface area is 160 Å². The van der Waals surface area contributed by atoms with Crippen LogP contribution in [0.3, 0.4) is 0 Å². The number of carbonyl (C=O) groups is 2. The van der Waals surface area contributed by atoms with Crippen molar-refractivity contribution in [2.24, 2.45) is 0 Å². The first-order chi connectivity index (χ1) is 12.7. The van der Waals surface area contributed by atoms with Gasteiger partial charge in [0.25, 0.3) is 0 Å². The zero-order valence-electron chi connectivity index (χ0n) is 15.6. The van der Waals surface area contributed by atoms with Crippen LogP contribution in [0.15, 0.2) is 24.3 Å². The van der Waals surface area contributed by atoms with Gasteiger partial charge < -0.3 is 15.4 Å². The molecule has 1 aromatic carbocycles. The molecular weight excluding hydrogens is 348 g/mol. The van der Waals surface area contributed by atoms with Crippen molar-refractivity contribution < 1.29 is 14.3 Å². The first-order valence-corrected chi connectivity index (χ1v) is 10.6. The Morgan fingerprint density at radius 2 is 1.69 bits per heavy atom. The third kappa shape index (κ3) is 8.13. The van der Waals surface area contributed by atoms with Gasteiger partial charge in [0.05, 0.1) is 18.6 Å². The lowest BCUT2D eigenvalue weighted by atomic mass is 10.1. The molecule has 2 N–H and O–H groups in total. The maximum atomic E-state index is 12.0. The van der Waals surface area contributed by atoms with Crippen molar-refractivity contribution in [3.8, 4) is 5.75 Å². The van der Waals surface area contributed by atoms with E-state index >= 15 is 0 Å². The summed E-state index contributed by atoms with van der Waals surface area (Å²) in [5, 5.41) is 6.01. The van der Waals surface area contributed by atoms with Gasteiger partial charge in [0.15, 0.2) is 0 Å². The van der Waals surface area contributed by atoms with Gasteiger partial charge in [0, 0.05) is 12.6 Å². The van der Waals surface area contributed by atoms with E-state index in [2.05, 4.69) is 10.6 Å². The first-order valence-electron chi connectivity index (χ1n) is 9.44. The second kappa shape index (κ2) is 11.8. The average Bonchev–Trinajstić information content (AvgIpc) is 2.91. The van der Waals surface area contributed by atoms with E-state index in [1.54, 1.807) is 7.11 Å². The van der Waals surface area contributed by atoms with Crippen molar-refractivity contribution in [3.63, 3.8) is 0 Å². The molecule has 1 aliphatic rings. The van der Waals surface area contributed by atoms with E-state index in [9.17, 15) is 9.59 Å². The monoisotopic (exact) mass is 378 g/mol. The highest BCUT2D eigenvalue weighted by Gasteiger charge is 2.14. The van der Waals surface area contributed by atoms with Crippen LogP contribution >= 0.6 is 11.8 Å². The van der Waals surface area contributed by atoms with Crippen LogP contribution in [0.5, 0.6) is 5.75 Å². The molecule has 0 saturated heterocycles. The number of benzene rings is 1. The molecular formula is C20H30N2O3S. The minimum Gasteiger partial charge on any atom is -0.497 e. The van der Waals surface area contributed by atoms with E-state index in [-0.39, 0.29) is 11.8 Å². The van der Waals surface area contributed by atoms with Gasteiger partial charge in [0.1, 0.15) is 5.75 Å². The highest BCUT2D eigenvalue weighted by molar-refractivity contribution is 8.00. The molecule has 0 radical (unpaired) electrons. The number of amides is 2. The molecule has 2 amide bonds. The van der Waals surface area contributed by atoms with E-state index in [1.807, 2.05) is 24.3 Å². The summed E-state index contributed by atoms with van der Waals surface area (Å²) in [5.74, 6) is 1.53. The number of thioether (sulfide) groups is 1. The smallest absolute Gasteiger partial charge is 0.230 e. The topological polar surface area (TPSA) is 67.4 Å².